The molecule has 0 radical (unpaired) electrons. The number of para-hydroxylation sites is 2. The van der Waals surface area contributed by atoms with Crippen LogP contribution in [0.2, 0.25) is 0 Å². The van der Waals surface area contributed by atoms with Gasteiger partial charge in [0, 0.05) is 38.4 Å². The summed E-state index contributed by atoms with van der Waals surface area (Å²) in [5.41, 5.74) is 11.8. The summed E-state index contributed by atoms with van der Waals surface area (Å²) in [6, 6.07) is 57.9. The zero-order valence-corrected chi connectivity index (χ0v) is 26.7. The first-order chi connectivity index (χ1) is 24.7. The number of aromatic nitrogens is 2. The Balaban J connectivity index is 1.25. The van der Waals surface area contributed by atoms with E-state index in [0.717, 1.165) is 77.2 Å². The highest BCUT2D eigenvalue weighted by Gasteiger charge is 2.19. The lowest BCUT2D eigenvalue weighted by Gasteiger charge is -2.17. The lowest BCUT2D eigenvalue weighted by atomic mass is 9.95. The summed E-state index contributed by atoms with van der Waals surface area (Å²) in [6.45, 7) is 0. The van der Waals surface area contributed by atoms with Gasteiger partial charge < -0.3 is 9.13 Å². The number of nitriles is 3. The Morgan fingerprint density at radius 3 is 1.56 bits per heavy atom. The average Bonchev–Trinajstić information content (AvgIpc) is 3.69. The molecule has 0 aliphatic rings. The van der Waals surface area contributed by atoms with Crippen molar-refractivity contribution in [3.8, 4) is 51.8 Å². The molecule has 0 N–H and O–H groups in total. The Morgan fingerprint density at radius 2 is 0.920 bits per heavy atom. The van der Waals surface area contributed by atoms with Crippen LogP contribution < -0.4 is 0 Å². The minimum atomic E-state index is 0.603. The second-order valence-electron chi connectivity index (χ2n) is 12.3. The molecule has 0 aliphatic carbocycles. The SMILES string of the molecule is N#Cc1ccc2c(c1)c1ccccc1n2-c1ccc(-c2ccc(-c3ccccc3C#N)c(-n3c4ccccc4c4cc(C#N)ccc43)c2)cc1. The van der Waals surface area contributed by atoms with Crippen molar-refractivity contribution in [3.63, 3.8) is 0 Å². The number of fused-ring (bicyclic) bond motifs is 6. The molecule has 9 aromatic rings. The van der Waals surface area contributed by atoms with Gasteiger partial charge in [-0.3, -0.25) is 0 Å². The average molecular weight is 636 g/mol. The van der Waals surface area contributed by atoms with Gasteiger partial charge in [-0.05, 0) is 83.9 Å². The summed E-state index contributed by atoms with van der Waals surface area (Å²) in [5, 5.41) is 33.6. The first-order valence-corrected chi connectivity index (χ1v) is 16.3. The number of hydrogen-bond donors (Lipinski definition) is 0. The molecular formula is C45H25N5. The van der Waals surface area contributed by atoms with Crippen LogP contribution in [-0.2, 0) is 0 Å². The molecule has 0 atom stereocenters. The fraction of sp³-hybridized carbons (Fsp3) is 0. The maximum Gasteiger partial charge on any atom is 0.0998 e. The Bertz CT molecular complexity index is 2960. The zero-order chi connectivity index (χ0) is 33.8. The maximum absolute atomic E-state index is 10.1. The third-order valence-corrected chi connectivity index (χ3v) is 9.64. The topological polar surface area (TPSA) is 81.2 Å². The van der Waals surface area contributed by atoms with E-state index in [1.807, 2.05) is 84.9 Å². The largest absolute Gasteiger partial charge is 0.309 e. The van der Waals surface area contributed by atoms with Crippen LogP contribution in [0.5, 0.6) is 0 Å². The van der Waals surface area contributed by atoms with E-state index in [4.69, 9.17) is 0 Å². The van der Waals surface area contributed by atoms with E-state index in [0.29, 0.717) is 16.7 Å². The van der Waals surface area contributed by atoms with E-state index in [1.54, 1.807) is 0 Å². The molecule has 0 fully saturated rings. The Labute approximate surface area is 287 Å². The van der Waals surface area contributed by atoms with Crippen LogP contribution in [0, 0.1) is 34.0 Å². The molecule has 7 aromatic carbocycles. The van der Waals surface area contributed by atoms with Crippen molar-refractivity contribution in [1.82, 2.24) is 9.13 Å². The van der Waals surface area contributed by atoms with Crippen LogP contribution in [0.3, 0.4) is 0 Å². The van der Waals surface area contributed by atoms with E-state index in [1.165, 1.54) is 0 Å². The quantitative estimate of drug-likeness (QED) is 0.193. The van der Waals surface area contributed by atoms with Crippen molar-refractivity contribution in [2.45, 2.75) is 0 Å². The van der Waals surface area contributed by atoms with Crippen molar-refractivity contribution >= 4 is 43.6 Å². The predicted molar refractivity (Wildman–Crippen MR) is 200 cm³/mol. The Kier molecular flexibility index (Phi) is 6.56. The predicted octanol–water partition coefficient (Wildman–Crippen LogP) is 10.8. The summed E-state index contributed by atoms with van der Waals surface area (Å²) in [6.07, 6.45) is 0. The van der Waals surface area contributed by atoms with Gasteiger partial charge in [0.05, 0.1) is 62.7 Å². The third kappa shape index (κ3) is 4.38. The second-order valence-corrected chi connectivity index (χ2v) is 12.3. The van der Waals surface area contributed by atoms with Gasteiger partial charge in [-0.1, -0.05) is 78.9 Å². The van der Waals surface area contributed by atoms with Gasteiger partial charge in [0.2, 0.25) is 0 Å². The van der Waals surface area contributed by atoms with Gasteiger partial charge in [-0.2, -0.15) is 15.8 Å². The molecule has 0 spiro atoms. The van der Waals surface area contributed by atoms with Crippen LogP contribution in [0.4, 0.5) is 0 Å². The smallest absolute Gasteiger partial charge is 0.0998 e. The van der Waals surface area contributed by atoms with Gasteiger partial charge in [0.1, 0.15) is 0 Å². The second kappa shape index (κ2) is 11.4. The standard InChI is InChI=1S/C45H25N5/c46-26-29-13-21-43-39(23-29)36-9-3-5-11-41(36)49(43)34-18-15-31(16-19-34)32-17-20-38(35-8-2-1-7-33(35)28-48)45(25-32)50-42-12-6-4-10-37(42)40-24-30(27-47)14-22-44(40)50/h1-25H. The molecule has 0 aliphatic heterocycles. The van der Waals surface area contributed by atoms with Gasteiger partial charge in [-0.25, -0.2) is 0 Å². The lowest BCUT2D eigenvalue weighted by Crippen LogP contribution is -1.99. The molecule has 5 nitrogen and oxygen atoms in total. The van der Waals surface area contributed by atoms with Gasteiger partial charge >= 0.3 is 0 Å². The first kappa shape index (κ1) is 28.8. The molecule has 0 bridgehead atoms. The highest BCUT2D eigenvalue weighted by Crippen LogP contribution is 2.40. The fourth-order valence-electron chi connectivity index (χ4n) is 7.37. The highest BCUT2D eigenvalue weighted by atomic mass is 15.0. The summed E-state index contributed by atoms with van der Waals surface area (Å²) < 4.78 is 4.50. The zero-order valence-electron chi connectivity index (χ0n) is 26.7. The molecular weight excluding hydrogens is 611 g/mol. The molecule has 50 heavy (non-hydrogen) atoms. The van der Waals surface area contributed by atoms with Crippen molar-refractivity contribution < 1.29 is 0 Å². The molecule has 230 valence electrons. The van der Waals surface area contributed by atoms with Gasteiger partial charge in [0.25, 0.3) is 0 Å². The van der Waals surface area contributed by atoms with Crippen LogP contribution in [0.25, 0.3) is 77.2 Å². The molecule has 0 unspecified atom stereocenters. The molecule has 2 aromatic heterocycles. The van der Waals surface area contributed by atoms with Crippen molar-refractivity contribution in [1.29, 1.82) is 15.8 Å². The van der Waals surface area contributed by atoms with Crippen LogP contribution >= 0.6 is 0 Å². The van der Waals surface area contributed by atoms with E-state index >= 15 is 0 Å². The van der Waals surface area contributed by atoms with E-state index < -0.39 is 0 Å². The minimum Gasteiger partial charge on any atom is -0.309 e. The van der Waals surface area contributed by atoms with Gasteiger partial charge in [-0.15, -0.1) is 0 Å². The van der Waals surface area contributed by atoms with Crippen molar-refractivity contribution in [3.05, 3.63) is 168 Å². The van der Waals surface area contributed by atoms with E-state index in [2.05, 4.69) is 94.1 Å². The first-order valence-electron chi connectivity index (χ1n) is 16.3. The summed E-state index contributed by atoms with van der Waals surface area (Å²) in [7, 11) is 0. The summed E-state index contributed by atoms with van der Waals surface area (Å²) >= 11 is 0. The highest BCUT2D eigenvalue weighted by molar-refractivity contribution is 6.11. The number of rotatable bonds is 4. The Hall–Kier alpha value is -7.39. The summed E-state index contributed by atoms with van der Waals surface area (Å²) in [5.74, 6) is 0. The molecule has 0 saturated carbocycles. The number of nitrogens with zero attached hydrogens (tertiary/aromatic N) is 5. The van der Waals surface area contributed by atoms with Crippen LogP contribution in [0.1, 0.15) is 16.7 Å². The fourth-order valence-corrected chi connectivity index (χ4v) is 7.37. The van der Waals surface area contributed by atoms with E-state index in [-0.39, 0.29) is 0 Å². The Morgan fingerprint density at radius 1 is 0.380 bits per heavy atom. The lowest BCUT2D eigenvalue weighted by molar-refractivity contribution is 1.18. The van der Waals surface area contributed by atoms with Crippen LogP contribution in [0.15, 0.2) is 152 Å². The van der Waals surface area contributed by atoms with Gasteiger partial charge in [0.15, 0.2) is 0 Å². The summed E-state index contributed by atoms with van der Waals surface area (Å²) in [4.78, 5) is 0. The number of hydrogen-bond acceptors (Lipinski definition) is 3. The molecule has 2 heterocycles. The maximum atomic E-state index is 10.1. The van der Waals surface area contributed by atoms with Crippen molar-refractivity contribution in [2.75, 3.05) is 0 Å². The van der Waals surface area contributed by atoms with E-state index in [9.17, 15) is 15.8 Å². The minimum absolute atomic E-state index is 0.603. The van der Waals surface area contributed by atoms with Crippen molar-refractivity contribution in [2.24, 2.45) is 0 Å². The molecule has 0 saturated heterocycles. The molecule has 9 rings (SSSR count). The monoisotopic (exact) mass is 635 g/mol. The molecule has 0 amide bonds. The van der Waals surface area contributed by atoms with Crippen LogP contribution in [-0.4, -0.2) is 9.13 Å². The molecule has 5 heteroatoms. The number of benzene rings is 7. The third-order valence-electron chi connectivity index (χ3n) is 9.64. The normalized spacial score (nSPS) is 11.1.